The fourth-order valence-corrected chi connectivity index (χ4v) is 1.84. The molecule has 0 fully saturated rings. The number of ether oxygens (including phenoxy) is 1. The van der Waals surface area contributed by atoms with Crippen molar-refractivity contribution in [3.05, 3.63) is 12.0 Å². The lowest BCUT2D eigenvalue weighted by atomic mass is 10.6. The quantitative estimate of drug-likeness (QED) is 0.877. The number of nitrogens with zero attached hydrogens (tertiary/aromatic N) is 4. The molecule has 2 rings (SSSR count). The zero-order valence-electron chi connectivity index (χ0n) is 10.3. The lowest BCUT2D eigenvalue weighted by Crippen LogP contribution is -2.04. The van der Waals surface area contributed by atoms with Gasteiger partial charge in [-0.05, 0) is 13.8 Å². The van der Waals surface area contributed by atoms with Crippen molar-refractivity contribution < 1.29 is 9.15 Å². The highest BCUT2D eigenvalue weighted by atomic mass is 32.2. The van der Waals surface area contributed by atoms with Crippen LogP contribution >= 0.6 is 11.8 Å². The van der Waals surface area contributed by atoms with Crippen molar-refractivity contribution in [1.29, 1.82) is 0 Å². The molecular formula is C10H13N5O2S. The molecule has 0 saturated carbocycles. The number of oxazole rings is 1. The van der Waals surface area contributed by atoms with E-state index < -0.39 is 0 Å². The first kappa shape index (κ1) is 12.6. The molecule has 0 aliphatic heterocycles. The first-order valence-corrected chi connectivity index (χ1v) is 6.19. The molecule has 1 N–H and O–H groups in total. The van der Waals surface area contributed by atoms with Crippen LogP contribution in [0, 0.1) is 6.92 Å². The molecule has 0 aliphatic carbocycles. The Labute approximate surface area is 108 Å². The van der Waals surface area contributed by atoms with Gasteiger partial charge < -0.3 is 14.5 Å². The summed E-state index contributed by atoms with van der Waals surface area (Å²) in [5, 5.41) is 3.81. The number of aryl methyl sites for hydroxylation is 1. The summed E-state index contributed by atoms with van der Waals surface area (Å²) in [7, 11) is 1.73. The molecule has 0 bridgehead atoms. The Hall–Kier alpha value is -1.83. The molecule has 0 unspecified atom stereocenters. The maximum absolute atomic E-state index is 5.27. The van der Waals surface area contributed by atoms with Gasteiger partial charge in [0.2, 0.25) is 11.1 Å². The van der Waals surface area contributed by atoms with Crippen LogP contribution in [0.2, 0.25) is 0 Å². The number of anilines is 1. The van der Waals surface area contributed by atoms with Crippen LogP contribution in [0.25, 0.3) is 0 Å². The summed E-state index contributed by atoms with van der Waals surface area (Å²) >= 11 is 1.22. The van der Waals surface area contributed by atoms with Gasteiger partial charge in [0.05, 0.1) is 12.3 Å². The van der Waals surface area contributed by atoms with E-state index in [-0.39, 0.29) is 6.01 Å². The van der Waals surface area contributed by atoms with Crippen molar-refractivity contribution in [2.45, 2.75) is 24.2 Å². The Morgan fingerprint density at radius 1 is 1.33 bits per heavy atom. The second-order valence-electron chi connectivity index (χ2n) is 3.26. The summed E-state index contributed by atoms with van der Waals surface area (Å²) in [6.45, 7) is 4.22. The van der Waals surface area contributed by atoms with Crippen molar-refractivity contribution in [3.63, 3.8) is 0 Å². The minimum absolute atomic E-state index is 0.280. The minimum atomic E-state index is 0.280. The van der Waals surface area contributed by atoms with E-state index >= 15 is 0 Å². The SMILES string of the molecule is CCOc1nc(NC)nc(Sc2nc(C)co2)n1. The average molecular weight is 267 g/mol. The second kappa shape index (κ2) is 5.67. The zero-order valence-corrected chi connectivity index (χ0v) is 11.1. The predicted molar refractivity (Wildman–Crippen MR) is 65.9 cm³/mol. The van der Waals surface area contributed by atoms with Crippen molar-refractivity contribution >= 4 is 17.7 Å². The fourth-order valence-electron chi connectivity index (χ4n) is 1.15. The van der Waals surface area contributed by atoms with Gasteiger partial charge in [0.1, 0.15) is 6.26 Å². The molecule has 2 aromatic rings. The maximum atomic E-state index is 5.27. The molecular weight excluding hydrogens is 254 g/mol. The zero-order chi connectivity index (χ0) is 13.0. The standard InChI is InChI=1S/C10H13N5O2S/c1-4-16-8-13-7(11-3)14-9(15-8)18-10-12-6(2)5-17-10/h5H,4H2,1-3H3,(H,11,13,14,15). The molecule has 0 atom stereocenters. The largest absolute Gasteiger partial charge is 0.464 e. The summed E-state index contributed by atoms with van der Waals surface area (Å²) in [6, 6.07) is 0.280. The van der Waals surface area contributed by atoms with Crippen LogP contribution in [0.5, 0.6) is 6.01 Å². The molecule has 2 heterocycles. The Kier molecular flexibility index (Phi) is 3.98. The smallest absolute Gasteiger partial charge is 0.322 e. The van der Waals surface area contributed by atoms with Crippen LogP contribution in [0.15, 0.2) is 21.1 Å². The number of aromatic nitrogens is 4. The molecule has 0 aromatic carbocycles. The summed E-state index contributed by atoms with van der Waals surface area (Å²) in [6.07, 6.45) is 1.58. The lowest BCUT2D eigenvalue weighted by Gasteiger charge is -2.04. The summed E-state index contributed by atoms with van der Waals surface area (Å²) < 4.78 is 10.5. The van der Waals surface area contributed by atoms with Crippen LogP contribution < -0.4 is 10.1 Å². The highest BCUT2D eigenvalue weighted by Gasteiger charge is 2.11. The van der Waals surface area contributed by atoms with Gasteiger partial charge in [-0.1, -0.05) is 0 Å². The van der Waals surface area contributed by atoms with Gasteiger partial charge >= 0.3 is 6.01 Å². The summed E-state index contributed by atoms with van der Waals surface area (Å²) in [5.74, 6) is 0.444. The van der Waals surface area contributed by atoms with Crippen molar-refractivity contribution in [2.75, 3.05) is 19.0 Å². The Morgan fingerprint density at radius 3 is 2.78 bits per heavy atom. The Morgan fingerprint density at radius 2 is 2.17 bits per heavy atom. The van der Waals surface area contributed by atoms with E-state index in [1.165, 1.54) is 11.8 Å². The van der Waals surface area contributed by atoms with Gasteiger partial charge in [-0.25, -0.2) is 4.98 Å². The van der Waals surface area contributed by atoms with E-state index in [2.05, 4.69) is 25.3 Å². The van der Waals surface area contributed by atoms with E-state index in [4.69, 9.17) is 9.15 Å². The van der Waals surface area contributed by atoms with Crippen LogP contribution in [0.4, 0.5) is 5.95 Å². The van der Waals surface area contributed by atoms with Crippen molar-refractivity contribution in [1.82, 2.24) is 19.9 Å². The molecule has 96 valence electrons. The maximum Gasteiger partial charge on any atom is 0.322 e. The van der Waals surface area contributed by atoms with E-state index in [0.29, 0.717) is 22.9 Å². The van der Waals surface area contributed by atoms with E-state index in [1.807, 2.05) is 13.8 Å². The van der Waals surface area contributed by atoms with Crippen LogP contribution in [-0.2, 0) is 0 Å². The predicted octanol–water partition coefficient (Wildman–Crippen LogP) is 1.76. The number of hydrogen-bond acceptors (Lipinski definition) is 8. The van der Waals surface area contributed by atoms with Crippen molar-refractivity contribution in [2.24, 2.45) is 0 Å². The van der Waals surface area contributed by atoms with Gasteiger partial charge in [0.25, 0.3) is 5.22 Å². The average Bonchev–Trinajstić information content (AvgIpc) is 2.75. The number of nitrogens with one attached hydrogen (secondary N) is 1. The second-order valence-corrected chi connectivity index (χ2v) is 4.18. The molecule has 0 radical (unpaired) electrons. The number of rotatable bonds is 5. The van der Waals surface area contributed by atoms with Gasteiger partial charge in [-0.15, -0.1) is 0 Å². The van der Waals surface area contributed by atoms with Crippen molar-refractivity contribution in [3.8, 4) is 6.01 Å². The minimum Gasteiger partial charge on any atom is -0.464 e. The van der Waals surface area contributed by atoms with E-state index in [9.17, 15) is 0 Å². The fraction of sp³-hybridized carbons (Fsp3) is 0.400. The third-order valence-electron chi connectivity index (χ3n) is 1.87. The molecule has 0 amide bonds. The first-order chi connectivity index (χ1) is 8.71. The molecule has 0 spiro atoms. The van der Waals surface area contributed by atoms with Gasteiger partial charge in [-0.2, -0.15) is 15.0 Å². The molecule has 7 nitrogen and oxygen atoms in total. The molecule has 18 heavy (non-hydrogen) atoms. The van der Waals surface area contributed by atoms with E-state index in [1.54, 1.807) is 13.3 Å². The number of hydrogen-bond donors (Lipinski definition) is 1. The highest BCUT2D eigenvalue weighted by molar-refractivity contribution is 7.98. The highest BCUT2D eigenvalue weighted by Crippen LogP contribution is 2.25. The Bertz CT molecular complexity index is 531. The third kappa shape index (κ3) is 3.10. The van der Waals surface area contributed by atoms with Gasteiger partial charge in [-0.3, -0.25) is 0 Å². The van der Waals surface area contributed by atoms with Crippen LogP contribution in [0.3, 0.4) is 0 Å². The Balaban J connectivity index is 2.23. The van der Waals surface area contributed by atoms with Crippen LogP contribution in [0.1, 0.15) is 12.6 Å². The van der Waals surface area contributed by atoms with Crippen LogP contribution in [-0.4, -0.2) is 33.6 Å². The van der Waals surface area contributed by atoms with E-state index in [0.717, 1.165) is 5.69 Å². The summed E-state index contributed by atoms with van der Waals surface area (Å²) in [5.41, 5.74) is 0.811. The molecule has 2 aromatic heterocycles. The summed E-state index contributed by atoms with van der Waals surface area (Å²) in [4.78, 5) is 16.6. The molecule has 0 saturated heterocycles. The topological polar surface area (TPSA) is 86.0 Å². The molecule has 0 aliphatic rings. The first-order valence-electron chi connectivity index (χ1n) is 5.38. The molecule has 8 heteroatoms. The third-order valence-corrected chi connectivity index (χ3v) is 2.60. The van der Waals surface area contributed by atoms with Gasteiger partial charge in [0, 0.05) is 18.8 Å². The normalized spacial score (nSPS) is 10.4. The lowest BCUT2D eigenvalue weighted by molar-refractivity contribution is 0.308. The van der Waals surface area contributed by atoms with Gasteiger partial charge in [0.15, 0.2) is 0 Å². The monoisotopic (exact) mass is 267 g/mol.